The van der Waals surface area contributed by atoms with Gasteiger partial charge in [-0.3, -0.25) is 0 Å². The zero-order valence-corrected chi connectivity index (χ0v) is 21.3. The first kappa shape index (κ1) is 24.7. The van der Waals surface area contributed by atoms with Crippen molar-refractivity contribution >= 4 is 41.3 Å². The monoisotopic (exact) mass is 459 g/mol. The molecule has 0 heterocycles. The van der Waals surface area contributed by atoms with Gasteiger partial charge in [-0.05, 0) is 0 Å². The van der Waals surface area contributed by atoms with Crippen molar-refractivity contribution in [2.75, 3.05) is 0 Å². The van der Waals surface area contributed by atoms with E-state index in [1.54, 1.807) is 3.88 Å². The Kier molecular flexibility index (Phi) is 6.27. The smallest absolute Gasteiger partial charge is 0.147 e. The van der Waals surface area contributed by atoms with Gasteiger partial charge < -0.3 is 0 Å². The van der Waals surface area contributed by atoms with Crippen LogP contribution in [0.15, 0.2) is 82.8 Å². The summed E-state index contributed by atoms with van der Waals surface area (Å²) in [6.07, 6.45) is 8.18. The second-order valence-corrected chi connectivity index (χ2v) is 48.0. The summed E-state index contributed by atoms with van der Waals surface area (Å²) in [6.45, 7) is 2.44. The molecule has 0 saturated carbocycles. The zero-order valence-electron chi connectivity index (χ0n) is 17.2. The number of halogens is 2. The van der Waals surface area contributed by atoms with Gasteiger partial charge in [0.05, 0.1) is 0 Å². The first-order chi connectivity index (χ1) is 11.5. The summed E-state index contributed by atoms with van der Waals surface area (Å²) < 4.78 is 2.94. The van der Waals surface area contributed by atoms with E-state index in [1.807, 2.05) is 0 Å². The standard InChI is InChI=1S/C12H10P.C5H5.C2H5.4CH3.2ClH.Ti/c1-3-7-11(8-4-1)13-12-9-5-2-6-10-12;1-2-4-5-3-1;1-2;;;;;;;/h1-10H;1-3H,4H2;1H2,2H3;4*1H3;2*1H;/q-1;;;;;;;;;+1. The van der Waals surface area contributed by atoms with Gasteiger partial charge in [0, 0.05) is 0 Å². The number of allylic oxidation sites excluding steroid dienone is 4. The molecule has 2 aromatic carbocycles. The third-order valence-electron chi connectivity index (χ3n) is 7.37. The number of hydrogen-bond acceptors (Lipinski definition) is 0. The molecule has 27 heavy (non-hydrogen) atoms. The molecule has 0 aromatic heterocycles. The van der Waals surface area contributed by atoms with Crippen LogP contribution in [0.3, 0.4) is 0 Å². The molecule has 4 heteroatoms. The van der Waals surface area contributed by atoms with Gasteiger partial charge in [-0.15, -0.1) is 24.8 Å². The summed E-state index contributed by atoms with van der Waals surface area (Å²) in [5.41, 5.74) is 0. The van der Waals surface area contributed by atoms with Crippen LogP contribution in [0.2, 0.25) is 25.6 Å². The molecule has 0 aliphatic heterocycles. The normalized spacial score (nSPS) is 17.6. The summed E-state index contributed by atoms with van der Waals surface area (Å²) in [4.78, 5) is 0. The van der Waals surface area contributed by atoms with Gasteiger partial charge in [0.2, 0.25) is 0 Å². The van der Waals surface area contributed by atoms with Crippen molar-refractivity contribution < 1.29 is 12.2 Å². The Labute approximate surface area is 174 Å². The minimum Gasteiger partial charge on any atom is -0.147 e. The van der Waals surface area contributed by atoms with Crippen molar-refractivity contribution in [1.29, 1.82) is 0 Å². The van der Waals surface area contributed by atoms with Crippen LogP contribution < -0.4 is 10.6 Å². The molecular formula is C23H34Cl2PTi. The fourth-order valence-electron chi connectivity index (χ4n) is 4.58. The van der Waals surface area contributed by atoms with Crippen LogP contribution in [-0.4, -0.2) is 0 Å². The minimum atomic E-state index is -4.11. The fraction of sp³-hybridized carbons (Fsp3) is 0.304. The molecule has 2 aromatic rings. The van der Waals surface area contributed by atoms with E-state index in [0.717, 1.165) is 6.42 Å². The van der Waals surface area contributed by atoms with Crippen LogP contribution in [0.5, 0.6) is 0 Å². The van der Waals surface area contributed by atoms with E-state index in [1.165, 1.54) is 15.3 Å². The molecule has 0 radical (unpaired) electrons. The summed E-state index contributed by atoms with van der Waals surface area (Å²) in [6, 6.07) is 22.6. The molecule has 0 amide bonds. The van der Waals surface area contributed by atoms with Crippen LogP contribution in [0.1, 0.15) is 13.3 Å². The quantitative estimate of drug-likeness (QED) is 0.312. The number of hydrogen-bond donors (Lipinski definition) is 0. The fourth-order valence-corrected chi connectivity index (χ4v) is 30.6. The molecule has 149 valence electrons. The second kappa shape index (κ2) is 6.86. The molecule has 0 fully saturated rings. The maximum absolute atomic E-state index is 4.11. The van der Waals surface area contributed by atoms with E-state index in [2.05, 4.69) is 107 Å². The Morgan fingerprint density at radius 2 is 1.22 bits per heavy atom. The maximum Gasteiger partial charge on any atom is -0.147 e. The number of rotatable bonds is 5. The molecule has 0 spiro atoms. The van der Waals surface area contributed by atoms with Crippen molar-refractivity contribution in [3.63, 3.8) is 0 Å². The van der Waals surface area contributed by atoms with E-state index in [-0.39, 0.29) is 24.8 Å². The Morgan fingerprint density at radius 1 is 0.778 bits per heavy atom. The van der Waals surface area contributed by atoms with Gasteiger partial charge in [-0.25, -0.2) is 0 Å². The Morgan fingerprint density at radius 3 is 1.56 bits per heavy atom. The molecule has 1 aliphatic carbocycles. The van der Waals surface area contributed by atoms with Gasteiger partial charge in [0.1, 0.15) is 0 Å². The third kappa shape index (κ3) is 3.90. The largest absolute Gasteiger partial charge is 0.147 e. The first-order valence-electron chi connectivity index (χ1n) is 9.52. The van der Waals surface area contributed by atoms with Gasteiger partial charge in [-0.2, -0.15) is 0 Å². The average Bonchev–Trinajstić information content (AvgIpc) is 3.13. The minimum absolute atomic E-state index is 0. The molecule has 0 atom stereocenters. The van der Waals surface area contributed by atoms with Crippen molar-refractivity contribution in [1.82, 2.24) is 0 Å². The van der Waals surface area contributed by atoms with Crippen molar-refractivity contribution in [3.8, 4) is 0 Å². The molecule has 0 bridgehead atoms. The van der Waals surface area contributed by atoms with E-state index in [4.69, 9.17) is 0 Å². The van der Waals surface area contributed by atoms with Crippen molar-refractivity contribution in [2.45, 2.75) is 39.0 Å². The van der Waals surface area contributed by atoms with Crippen LogP contribution in [0, 0.1) is 0 Å². The van der Waals surface area contributed by atoms with Crippen LogP contribution >= 0.6 is 30.7 Å². The van der Waals surface area contributed by atoms with E-state index >= 15 is 0 Å². The van der Waals surface area contributed by atoms with Gasteiger partial charge in [0.15, 0.2) is 0 Å². The molecule has 0 saturated heterocycles. The predicted molar refractivity (Wildman–Crippen MR) is 129 cm³/mol. The molecule has 0 nitrogen and oxygen atoms in total. The first-order valence-corrected chi connectivity index (χ1v) is 21.1. The molecule has 0 unspecified atom stereocenters. The summed E-state index contributed by atoms with van der Waals surface area (Å²) in [7, 11) is 0. The van der Waals surface area contributed by atoms with E-state index < -0.39 is 18.1 Å². The van der Waals surface area contributed by atoms with E-state index in [9.17, 15) is 0 Å². The Hall–Kier alpha value is -0.356. The topological polar surface area (TPSA) is 0 Å². The molecule has 3 rings (SSSR count). The number of benzene rings is 2. The summed E-state index contributed by atoms with van der Waals surface area (Å²) >= 11 is -4.11. The summed E-state index contributed by atoms with van der Waals surface area (Å²) in [5, 5.41) is 13.8. The summed E-state index contributed by atoms with van der Waals surface area (Å²) in [5.74, 6) is -0.483. The zero-order chi connectivity index (χ0) is 18.3. The Bertz CT molecular complexity index is 833. The van der Waals surface area contributed by atoms with E-state index in [0.29, 0.717) is 0 Å². The van der Waals surface area contributed by atoms with Crippen molar-refractivity contribution in [2.24, 2.45) is 0 Å². The van der Waals surface area contributed by atoms with Crippen LogP contribution in [0.4, 0.5) is 0 Å². The van der Waals surface area contributed by atoms with Crippen molar-refractivity contribution in [3.05, 3.63) is 82.8 Å². The predicted octanol–water partition coefficient (Wildman–Crippen LogP) is 8.11. The van der Waals surface area contributed by atoms with Gasteiger partial charge in [0.25, 0.3) is 0 Å². The van der Waals surface area contributed by atoms with Gasteiger partial charge >= 0.3 is 151 Å². The van der Waals surface area contributed by atoms with Crippen LogP contribution in [0.25, 0.3) is 0 Å². The SMILES string of the molecule is C[CH2][Ti]([CH3])([CH3])([CH3])([CH3])([C]1=CC=CC1)[P](c1ccccc1)c1ccccc1.Cl.Cl. The molecular weight excluding hydrogens is 426 g/mol. The maximum atomic E-state index is 2.70. The third-order valence-corrected chi connectivity index (χ3v) is 38.4. The Balaban J connectivity index is 0.00000182. The molecule has 0 N–H and O–H groups in total. The average molecular weight is 460 g/mol. The van der Waals surface area contributed by atoms with Gasteiger partial charge in [-0.1, -0.05) is 0 Å². The van der Waals surface area contributed by atoms with Crippen LogP contribution in [-0.2, 0) is 12.2 Å². The second-order valence-electron chi connectivity index (χ2n) is 11.4. The molecule has 1 aliphatic rings.